The Hall–Kier alpha value is -3.02. The minimum Gasteiger partial charge on any atom is -0.469 e. The third-order valence-electron chi connectivity index (χ3n) is 5.42. The molecule has 0 aliphatic heterocycles. The lowest BCUT2D eigenvalue weighted by atomic mass is 9.93. The van der Waals surface area contributed by atoms with Crippen LogP contribution in [0.2, 0.25) is 0 Å². The smallest absolute Gasteiger partial charge is 0.317 e. The van der Waals surface area contributed by atoms with Gasteiger partial charge in [0.05, 0.1) is 18.5 Å². The number of hydrogen-bond donors (Lipinski definition) is 2. The van der Waals surface area contributed by atoms with E-state index in [4.69, 9.17) is 4.42 Å². The number of nitrogens with zero attached hydrogens (tertiary/aromatic N) is 2. The molecule has 0 spiro atoms. The number of H-pyrrole nitrogens is 1. The molecule has 146 valence electrons. The summed E-state index contributed by atoms with van der Waals surface area (Å²) in [5.74, 6) is 1.04. The first kappa shape index (κ1) is 18.3. The molecule has 4 rings (SSSR count). The predicted molar refractivity (Wildman–Crippen MR) is 107 cm³/mol. The van der Waals surface area contributed by atoms with E-state index in [-0.39, 0.29) is 11.9 Å². The maximum atomic E-state index is 12.5. The summed E-state index contributed by atoms with van der Waals surface area (Å²) in [6.45, 7) is 1.10. The Bertz CT molecular complexity index is 902. The molecule has 0 radical (unpaired) electrons. The van der Waals surface area contributed by atoms with Crippen LogP contribution in [0.5, 0.6) is 0 Å². The molecule has 0 unspecified atom stereocenters. The van der Waals surface area contributed by atoms with Crippen LogP contribution in [0, 0.1) is 0 Å². The van der Waals surface area contributed by atoms with Gasteiger partial charge in [-0.2, -0.15) is 5.10 Å². The minimum atomic E-state index is -0.0824. The van der Waals surface area contributed by atoms with Crippen molar-refractivity contribution < 1.29 is 9.21 Å². The fourth-order valence-corrected chi connectivity index (χ4v) is 3.92. The summed E-state index contributed by atoms with van der Waals surface area (Å²) >= 11 is 0. The van der Waals surface area contributed by atoms with E-state index in [0.29, 0.717) is 13.1 Å². The van der Waals surface area contributed by atoms with E-state index in [1.165, 1.54) is 23.2 Å². The van der Waals surface area contributed by atoms with Crippen LogP contribution < -0.4 is 5.32 Å². The van der Waals surface area contributed by atoms with E-state index in [1.807, 2.05) is 37.4 Å². The van der Waals surface area contributed by atoms with Crippen molar-refractivity contribution in [1.82, 2.24) is 20.4 Å². The number of carbonyl (C=O) groups is 1. The van der Waals surface area contributed by atoms with Gasteiger partial charge in [-0.25, -0.2) is 4.79 Å². The summed E-state index contributed by atoms with van der Waals surface area (Å²) in [5.41, 5.74) is 4.70. The van der Waals surface area contributed by atoms with Crippen LogP contribution in [0.25, 0.3) is 0 Å². The fraction of sp³-hybridized carbons (Fsp3) is 0.364. The van der Waals surface area contributed by atoms with E-state index >= 15 is 0 Å². The summed E-state index contributed by atoms with van der Waals surface area (Å²) in [5, 5.41) is 10.5. The number of amides is 2. The van der Waals surface area contributed by atoms with E-state index in [2.05, 4.69) is 27.6 Å². The molecular formula is C22H26N4O2. The van der Waals surface area contributed by atoms with Gasteiger partial charge in [-0.05, 0) is 48.9 Å². The van der Waals surface area contributed by atoms with E-state index in [1.54, 1.807) is 11.2 Å². The number of carbonyl (C=O) groups excluding carboxylic acids is 1. The second kappa shape index (κ2) is 8.33. The summed E-state index contributed by atoms with van der Waals surface area (Å²) < 4.78 is 5.63. The molecule has 0 bridgehead atoms. The highest BCUT2D eigenvalue weighted by Gasteiger charge is 2.21. The molecule has 1 aromatic carbocycles. The first-order chi connectivity index (χ1) is 13.7. The Kier molecular flexibility index (Phi) is 5.46. The number of urea groups is 1. The van der Waals surface area contributed by atoms with Crippen LogP contribution in [0.15, 0.2) is 53.1 Å². The lowest BCUT2D eigenvalue weighted by Crippen LogP contribution is -2.37. The number of aryl methyl sites for hydroxylation is 1. The van der Waals surface area contributed by atoms with Crippen LogP contribution in [-0.2, 0) is 19.4 Å². The van der Waals surface area contributed by atoms with Gasteiger partial charge in [0.2, 0.25) is 0 Å². The molecule has 1 aliphatic rings. The maximum absolute atomic E-state index is 12.5. The quantitative estimate of drug-likeness (QED) is 0.656. The van der Waals surface area contributed by atoms with Crippen LogP contribution in [0.4, 0.5) is 4.79 Å². The zero-order chi connectivity index (χ0) is 19.3. The number of aromatic nitrogens is 2. The first-order valence-electron chi connectivity index (χ1n) is 9.84. The molecule has 3 aromatic rings. The molecule has 28 heavy (non-hydrogen) atoms. The van der Waals surface area contributed by atoms with Crippen molar-refractivity contribution in [3.05, 3.63) is 77.0 Å². The number of fused-ring (bicyclic) bond motifs is 1. The van der Waals surface area contributed by atoms with Crippen molar-refractivity contribution in [2.75, 3.05) is 13.6 Å². The third-order valence-corrected chi connectivity index (χ3v) is 5.42. The van der Waals surface area contributed by atoms with Crippen molar-refractivity contribution in [3.8, 4) is 0 Å². The Morgan fingerprint density at radius 3 is 2.89 bits per heavy atom. The molecule has 6 nitrogen and oxygen atoms in total. The summed E-state index contributed by atoms with van der Waals surface area (Å²) in [6, 6.07) is 14.1. The molecule has 1 atom stereocenters. The second-order valence-corrected chi connectivity index (χ2v) is 7.34. The standard InChI is InChI=1S/C22H26N4O2/c1-26(15-20-18-9-5-10-19(18)24-25-20)22(27)23-13-12-17(21-11-6-14-28-21)16-7-3-2-4-8-16/h2-4,6-8,11,14,17H,5,9-10,12-13,15H2,1H3,(H,23,27)(H,24,25)/t17-/m1/s1. The third kappa shape index (κ3) is 3.96. The molecule has 1 aliphatic carbocycles. The van der Waals surface area contributed by atoms with Gasteiger partial charge in [0, 0.05) is 25.2 Å². The SMILES string of the molecule is CN(Cc1n[nH]c2c1CCC2)C(=O)NCC[C@H](c1ccccc1)c1ccco1. The summed E-state index contributed by atoms with van der Waals surface area (Å²) in [4.78, 5) is 14.2. The molecule has 6 heteroatoms. The van der Waals surface area contributed by atoms with Gasteiger partial charge in [-0.1, -0.05) is 30.3 Å². The van der Waals surface area contributed by atoms with Crippen molar-refractivity contribution in [3.63, 3.8) is 0 Å². The van der Waals surface area contributed by atoms with Gasteiger partial charge in [0.1, 0.15) is 5.76 Å². The van der Waals surface area contributed by atoms with Crippen molar-refractivity contribution in [1.29, 1.82) is 0 Å². The lowest BCUT2D eigenvalue weighted by molar-refractivity contribution is 0.206. The molecule has 0 saturated heterocycles. The average Bonchev–Trinajstić information content (AvgIpc) is 3.46. The molecule has 2 amide bonds. The molecule has 2 aromatic heterocycles. The van der Waals surface area contributed by atoms with Crippen LogP contribution in [0.1, 0.15) is 47.0 Å². The summed E-state index contributed by atoms with van der Waals surface area (Å²) in [6.07, 6.45) is 5.75. The number of rotatable bonds is 7. The molecule has 0 saturated carbocycles. The lowest BCUT2D eigenvalue weighted by Gasteiger charge is -2.19. The van der Waals surface area contributed by atoms with Gasteiger partial charge in [0.15, 0.2) is 0 Å². The van der Waals surface area contributed by atoms with Gasteiger partial charge < -0.3 is 14.6 Å². The van der Waals surface area contributed by atoms with Crippen molar-refractivity contribution >= 4 is 6.03 Å². The van der Waals surface area contributed by atoms with Crippen LogP contribution >= 0.6 is 0 Å². The maximum Gasteiger partial charge on any atom is 0.317 e. The Balaban J connectivity index is 1.33. The highest BCUT2D eigenvalue weighted by Crippen LogP contribution is 2.28. The highest BCUT2D eigenvalue weighted by molar-refractivity contribution is 5.73. The van der Waals surface area contributed by atoms with Gasteiger partial charge >= 0.3 is 6.03 Å². The second-order valence-electron chi connectivity index (χ2n) is 7.34. The Morgan fingerprint density at radius 2 is 2.11 bits per heavy atom. The number of aromatic amines is 1. The zero-order valence-corrected chi connectivity index (χ0v) is 16.1. The monoisotopic (exact) mass is 378 g/mol. The first-order valence-corrected chi connectivity index (χ1v) is 9.84. The van der Waals surface area contributed by atoms with Gasteiger partial charge in [0.25, 0.3) is 0 Å². The largest absolute Gasteiger partial charge is 0.469 e. The highest BCUT2D eigenvalue weighted by atomic mass is 16.3. The summed E-state index contributed by atoms with van der Waals surface area (Å²) in [7, 11) is 1.81. The van der Waals surface area contributed by atoms with Crippen molar-refractivity contribution in [2.24, 2.45) is 0 Å². The van der Waals surface area contributed by atoms with Crippen molar-refractivity contribution in [2.45, 2.75) is 38.1 Å². The topological polar surface area (TPSA) is 74.2 Å². The van der Waals surface area contributed by atoms with E-state index in [0.717, 1.165) is 30.7 Å². The Labute approximate surface area is 164 Å². The number of nitrogens with one attached hydrogen (secondary N) is 2. The minimum absolute atomic E-state index is 0.0824. The van der Waals surface area contributed by atoms with Gasteiger partial charge in [-0.3, -0.25) is 5.10 Å². The van der Waals surface area contributed by atoms with Crippen LogP contribution in [-0.4, -0.2) is 34.7 Å². The zero-order valence-electron chi connectivity index (χ0n) is 16.1. The molecule has 2 N–H and O–H groups in total. The van der Waals surface area contributed by atoms with E-state index in [9.17, 15) is 4.79 Å². The van der Waals surface area contributed by atoms with E-state index < -0.39 is 0 Å². The number of furan rings is 1. The number of hydrogen-bond acceptors (Lipinski definition) is 3. The fourth-order valence-electron chi connectivity index (χ4n) is 3.92. The molecular weight excluding hydrogens is 352 g/mol. The Morgan fingerprint density at radius 1 is 1.25 bits per heavy atom. The average molecular weight is 378 g/mol. The number of benzene rings is 1. The molecule has 2 heterocycles. The predicted octanol–water partition coefficient (Wildman–Crippen LogP) is 3.86. The normalized spacial score (nSPS) is 13.9. The molecule has 0 fully saturated rings. The van der Waals surface area contributed by atoms with Crippen LogP contribution in [0.3, 0.4) is 0 Å². The van der Waals surface area contributed by atoms with Gasteiger partial charge in [-0.15, -0.1) is 0 Å².